The maximum Gasteiger partial charge on any atom is 0.0641 e. The smallest absolute Gasteiger partial charge is 0.0641 e. The van der Waals surface area contributed by atoms with Gasteiger partial charge in [0.1, 0.15) is 0 Å². The van der Waals surface area contributed by atoms with E-state index in [2.05, 4.69) is 226 Å². The molecule has 3 nitrogen and oxygen atoms in total. The van der Waals surface area contributed by atoms with Crippen molar-refractivity contribution in [3.63, 3.8) is 0 Å². The van der Waals surface area contributed by atoms with E-state index in [1.807, 2.05) is 0 Å². The van der Waals surface area contributed by atoms with E-state index < -0.39 is 0 Å². The minimum Gasteiger partial charge on any atom is -0.309 e. The van der Waals surface area contributed by atoms with Gasteiger partial charge in [-0.05, 0) is 100 Å². The molecule has 0 saturated carbocycles. The summed E-state index contributed by atoms with van der Waals surface area (Å²) in [5, 5.41) is 12.4. The third-order valence-electron chi connectivity index (χ3n) is 12.6. The average Bonchev–Trinajstić information content (AvgIpc) is 3.94. The Balaban J connectivity index is 1.11. The molecule has 0 aliphatic rings. The molecule has 0 aliphatic carbocycles. The summed E-state index contributed by atoms with van der Waals surface area (Å²) in [6.07, 6.45) is 0. The van der Waals surface area contributed by atoms with Crippen LogP contribution in [0.2, 0.25) is 0 Å². The Morgan fingerprint density at radius 2 is 0.831 bits per heavy atom. The molecule has 0 amide bonds. The summed E-state index contributed by atoms with van der Waals surface area (Å²) < 4.78 is 7.38. The first-order valence-corrected chi connectivity index (χ1v) is 20.4. The Morgan fingerprint density at radius 1 is 0.254 bits per heavy atom. The molecule has 3 heterocycles. The van der Waals surface area contributed by atoms with Crippen molar-refractivity contribution >= 4 is 87.0 Å². The summed E-state index contributed by atoms with van der Waals surface area (Å²) >= 11 is 0. The molecule has 13 rings (SSSR count). The van der Waals surface area contributed by atoms with Gasteiger partial charge in [-0.3, -0.25) is 0 Å². The van der Waals surface area contributed by atoms with E-state index in [1.165, 1.54) is 109 Å². The number of aromatic nitrogens is 3. The molecule has 0 spiro atoms. The van der Waals surface area contributed by atoms with Gasteiger partial charge < -0.3 is 13.7 Å². The van der Waals surface area contributed by atoms with Crippen molar-refractivity contribution in [1.82, 2.24) is 13.7 Å². The van der Waals surface area contributed by atoms with Gasteiger partial charge in [0.25, 0.3) is 0 Å². The van der Waals surface area contributed by atoms with Crippen LogP contribution in [-0.4, -0.2) is 13.7 Å². The van der Waals surface area contributed by atoms with E-state index in [4.69, 9.17) is 0 Å². The third kappa shape index (κ3) is 4.64. The molecular formula is C56H35N3. The van der Waals surface area contributed by atoms with Crippen LogP contribution in [0.3, 0.4) is 0 Å². The SMILES string of the molecule is c1ccc(-n2c3ccccc3c3ccc4c(c5cc(-c6ccc7c(c6)c6ccccc6n7-c6ccc7ccccc7c6)ccc5n4-c4cccc5ccccc45)c32)cc1. The van der Waals surface area contributed by atoms with Crippen molar-refractivity contribution in [2.75, 3.05) is 0 Å². The highest BCUT2D eigenvalue weighted by Gasteiger charge is 2.22. The van der Waals surface area contributed by atoms with Crippen LogP contribution < -0.4 is 0 Å². The Morgan fingerprint density at radius 3 is 1.63 bits per heavy atom. The number of hydrogen-bond acceptors (Lipinski definition) is 0. The van der Waals surface area contributed by atoms with Crippen LogP contribution in [0, 0.1) is 0 Å². The summed E-state index contributed by atoms with van der Waals surface area (Å²) in [6.45, 7) is 0. The highest BCUT2D eigenvalue weighted by molar-refractivity contribution is 6.27. The molecule has 0 bridgehead atoms. The fourth-order valence-corrected chi connectivity index (χ4v) is 9.99. The summed E-state index contributed by atoms with van der Waals surface area (Å²) in [5.41, 5.74) is 13.1. The predicted molar refractivity (Wildman–Crippen MR) is 250 cm³/mol. The number of para-hydroxylation sites is 3. The minimum atomic E-state index is 1.15. The predicted octanol–water partition coefficient (Wildman–Crippen LogP) is 15.0. The molecule has 10 aromatic carbocycles. The van der Waals surface area contributed by atoms with Gasteiger partial charge in [0, 0.05) is 49.1 Å². The van der Waals surface area contributed by atoms with Crippen molar-refractivity contribution in [2.24, 2.45) is 0 Å². The molecular weight excluding hydrogens is 715 g/mol. The lowest BCUT2D eigenvalue weighted by molar-refractivity contribution is 1.18. The highest BCUT2D eigenvalue weighted by Crippen LogP contribution is 2.44. The number of hydrogen-bond donors (Lipinski definition) is 0. The first-order chi connectivity index (χ1) is 29.3. The zero-order valence-corrected chi connectivity index (χ0v) is 32.0. The van der Waals surface area contributed by atoms with Crippen LogP contribution in [0.1, 0.15) is 0 Å². The van der Waals surface area contributed by atoms with Crippen molar-refractivity contribution in [1.29, 1.82) is 0 Å². The summed E-state index contributed by atoms with van der Waals surface area (Å²) in [7, 11) is 0. The molecule has 13 aromatic rings. The van der Waals surface area contributed by atoms with Gasteiger partial charge in [-0.25, -0.2) is 0 Å². The van der Waals surface area contributed by atoms with Gasteiger partial charge in [-0.1, -0.05) is 140 Å². The third-order valence-corrected chi connectivity index (χ3v) is 12.6. The molecule has 3 heteroatoms. The summed E-state index contributed by atoms with van der Waals surface area (Å²) in [6, 6.07) is 78.1. The number of rotatable bonds is 4. The molecule has 0 atom stereocenters. The van der Waals surface area contributed by atoms with Crippen LogP contribution in [0.5, 0.6) is 0 Å². The maximum absolute atomic E-state index is 2.49. The van der Waals surface area contributed by atoms with E-state index in [9.17, 15) is 0 Å². The highest BCUT2D eigenvalue weighted by atomic mass is 15.0. The number of fused-ring (bicyclic) bond motifs is 12. The number of nitrogens with zero attached hydrogens (tertiary/aromatic N) is 3. The molecule has 0 fully saturated rings. The Bertz CT molecular complexity index is 3840. The summed E-state index contributed by atoms with van der Waals surface area (Å²) in [5.74, 6) is 0. The van der Waals surface area contributed by atoms with Gasteiger partial charge in [0.2, 0.25) is 0 Å². The van der Waals surface area contributed by atoms with E-state index in [0.717, 1.165) is 5.69 Å². The minimum absolute atomic E-state index is 1.15. The molecule has 0 saturated heterocycles. The van der Waals surface area contributed by atoms with Crippen molar-refractivity contribution in [2.45, 2.75) is 0 Å². The second-order valence-corrected chi connectivity index (χ2v) is 15.7. The van der Waals surface area contributed by atoms with Crippen LogP contribution in [-0.2, 0) is 0 Å². The lowest BCUT2D eigenvalue weighted by Crippen LogP contribution is -1.96. The Kier molecular flexibility index (Phi) is 6.72. The second kappa shape index (κ2) is 12.3. The lowest BCUT2D eigenvalue weighted by atomic mass is 10.00. The molecule has 59 heavy (non-hydrogen) atoms. The lowest BCUT2D eigenvalue weighted by Gasteiger charge is -2.12. The van der Waals surface area contributed by atoms with Gasteiger partial charge in [0.05, 0.1) is 38.8 Å². The van der Waals surface area contributed by atoms with E-state index >= 15 is 0 Å². The summed E-state index contributed by atoms with van der Waals surface area (Å²) in [4.78, 5) is 0. The van der Waals surface area contributed by atoms with Crippen LogP contribution in [0.25, 0.3) is 115 Å². The van der Waals surface area contributed by atoms with Crippen molar-refractivity contribution in [3.8, 4) is 28.2 Å². The maximum atomic E-state index is 2.49. The molecule has 3 aromatic heterocycles. The topological polar surface area (TPSA) is 14.8 Å². The zero-order chi connectivity index (χ0) is 38.6. The van der Waals surface area contributed by atoms with E-state index in [-0.39, 0.29) is 0 Å². The van der Waals surface area contributed by atoms with Gasteiger partial charge >= 0.3 is 0 Å². The zero-order valence-electron chi connectivity index (χ0n) is 32.0. The fraction of sp³-hybridized carbons (Fsp3) is 0. The normalized spacial score (nSPS) is 12.1. The van der Waals surface area contributed by atoms with Crippen LogP contribution >= 0.6 is 0 Å². The number of benzene rings is 10. The van der Waals surface area contributed by atoms with Gasteiger partial charge in [0.15, 0.2) is 0 Å². The molecule has 0 aliphatic heterocycles. The van der Waals surface area contributed by atoms with Gasteiger partial charge in [-0.15, -0.1) is 0 Å². The monoisotopic (exact) mass is 749 g/mol. The Labute approximate surface area is 339 Å². The van der Waals surface area contributed by atoms with E-state index in [0.29, 0.717) is 0 Å². The van der Waals surface area contributed by atoms with Gasteiger partial charge in [-0.2, -0.15) is 0 Å². The van der Waals surface area contributed by atoms with E-state index in [1.54, 1.807) is 0 Å². The Hall–Kier alpha value is -7.88. The fourth-order valence-electron chi connectivity index (χ4n) is 9.99. The quantitative estimate of drug-likeness (QED) is 0.170. The first-order valence-electron chi connectivity index (χ1n) is 20.4. The standard InChI is InChI=1S/C56H35N3/c1-2-17-41(18-3-1)58-51-23-11-8-20-44(51)46-29-32-54-55(56(46)58)48-35-40(27-31-53(48)59(54)49-24-12-16-37-14-6-7-19-43(37)49)39-26-30-52-47(34-39)45-21-9-10-22-50(45)57(52)42-28-25-36-13-4-5-15-38(36)33-42/h1-35H. The molecule has 0 radical (unpaired) electrons. The van der Waals surface area contributed by atoms with Crippen LogP contribution in [0.15, 0.2) is 212 Å². The van der Waals surface area contributed by atoms with Crippen molar-refractivity contribution < 1.29 is 0 Å². The first kappa shape index (κ1) is 32.2. The van der Waals surface area contributed by atoms with Crippen molar-refractivity contribution in [3.05, 3.63) is 212 Å². The molecule has 0 unspecified atom stereocenters. The molecule has 274 valence electrons. The van der Waals surface area contributed by atoms with Crippen LogP contribution in [0.4, 0.5) is 0 Å². The second-order valence-electron chi connectivity index (χ2n) is 15.7. The molecule has 0 N–H and O–H groups in total. The average molecular weight is 750 g/mol. The largest absolute Gasteiger partial charge is 0.309 e.